The number of hydrogen-bond donors (Lipinski definition) is 0. The lowest BCUT2D eigenvalue weighted by Gasteiger charge is -2.35. The van der Waals surface area contributed by atoms with E-state index < -0.39 is 9.05 Å². The highest BCUT2D eigenvalue weighted by Crippen LogP contribution is 2.38. The molecule has 0 bridgehead atoms. The third kappa shape index (κ3) is 5.35. The minimum atomic E-state index is -3.47. The second kappa shape index (κ2) is 7.25. The summed E-state index contributed by atoms with van der Waals surface area (Å²) in [5.74, 6) is 0.0422. The quantitative estimate of drug-likeness (QED) is 0.561. The van der Waals surface area contributed by atoms with Crippen molar-refractivity contribution in [2.75, 3.05) is 19.0 Å². The van der Waals surface area contributed by atoms with Gasteiger partial charge >= 0.3 is 0 Å². The van der Waals surface area contributed by atoms with E-state index in [1.165, 1.54) is 11.3 Å². The van der Waals surface area contributed by atoms with E-state index in [0.717, 1.165) is 32.1 Å². The van der Waals surface area contributed by atoms with E-state index >= 15 is 0 Å². The van der Waals surface area contributed by atoms with Crippen LogP contribution in [-0.2, 0) is 20.2 Å². The summed E-state index contributed by atoms with van der Waals surface area (Å²) in [5.41, 5.74) is -0.270. The molecule has 6 heteroatoms. The van der Waals surface area contributed by atoms with E-state index in [4.69, 9.17) is 15.4 Å². The van der Waals surface area contributed by atoms with Crippen LogP contribution in [0.3, 0.4) is 0 Å². The number of rotatable bonds is 7. The Kier molecular flexibility index (Phi) is 5.90. The highest BCUT2D eigenvalue weighted by molar-refractivity contribution is 8.13. The molecule has 3 nitrogen and oxygen atoms in total. The smallest absolute Gasteiger partial charge is 0.233 e. The Hall–Kier alpha value is -0.100. The van der Waals surface area contributed by atoms with Gasteiger partial charge < -0.3 is 4.74 Å². The van der Waals surface area contributed by atoms with Gasteiger partial charge in [-0.2, -0.15) is 0 Å². The summed E-state index contributed by atoms with van der Waals surface area (Å²) in [7, 11) is 2.00. The molecular formula is C14H21ClO3S2. The normalized spacial score (nSPS) is 19.1. The van der Waals surface area contributed by atoms with Crippen molar-refractivity contribution >= 4 is 31.1 Å². The average molecular weight is 337 g/mol. The van der Waals surface area contributed by atoms with Crippen molar-refractivity contribution < 1.29 is 13.2 Å². The summed E-state index contributed by atoms with van der Waals surface area (Å²) in [4.78, 5) is 1.30. The zero-order valence-electron chi connectivity index (χ0n) is 11.5. The number of thiophene rings is 1. The predicted octanol–water partition coefficient (Wildman–Crippen LogP) is 3.83. The number of hydrogen-bond acceptors (Lipinski definition) is 4. The van der Waals surface area contributed by atoms with Crippen LogP contribution >= 0.6 is 22.0 Å². The molecule has 0 saturated heterocycles. The summed E-state index contributed by atoms with van der Waals surface area (Å²) < 4.78 is 28.7. The summed E-state index contributed by atoms with van der Waals surface area (Å²) in [6.45, 7) is 1.15. The van der Waals surface area contributed by atoms with Crippen LogP contribution in [0.1, 0.15) is 37.0 Å². The van der Waals surface area contributed by atoms with E-state index in [-0.39, 0.29) is 11.2 Å². The first-order valence-corrected chi connectivity index (χ1v) is 10.4. The molecule has 0 atom stereocenters. The third-order valence-corrected chi connectivity index (χ3v) is 6.09. The molecule has 1 saturated carbocycles. The maximum Gasteiger partial charge on any atom is 0.233 e. The molecule has 0 N–H and O–H groups in total. The van der Waals surface area contributed by atoms with Gasteiger partial charge in [0.1, 0.15) is 0 Å². The van der Waals surface area contributed by atoms with Crippen LogP contribution in [0.5, 0.6) is 0 Å². The van der Waals surface area contributed by atoms with Crippen molar-refractivity contribution in [3.05, 3.63) is 22.4 Å². The van der Waals surface area contributed by atoms with Crippen molar-refractivity contribution in [3.63, 3.8) is 0 Å². The van der Waals surface area contributed by atoms with Crippen LogP contribution in [0.15, 0.2) is 17.5 Å². The maximum atomic E-state index is 11.4. The Balaban J connectivity index is 1.84. The first-order chi connectivity index (χ1) is 9.49. The first-order valence-electron chi connectivity index (χ1n) is 7.02. The molecular weight excluding hydrogens is 316 g/mol. The van der Waals surface area contributed by atoms with Crippen molar-refractivity contribution in [3.8, 4) is 0 Å². The highest BCUT2D eigenvalue weighted by atomic mass is 35.7. The summed E-state index contributed by atoms with van der Waals surface area (Å²) >= 11 is 1.72. The molecule has 1 aliphatic carbocycles. The van der Waals surface area contributed by atoms with E-state index in [2.05, 4.69) is 11.4 Å². The molecule has 20 heavy (non-hydrogen) atoms. The Morgan fingerprint density at radius 2 is 2.05 bits per heavy atom. The maximum absolute atomic E-state index is 11.4. The number of halogens is 1. The van der Waals surface area contributed by atoms with Gasteiger partial charge in [0.15, 0.2) is 0 Å². The highest BCUT2D eigenvalue weighted by Gasteiger charge is 2.36. The molecule has 0 aliphatic heterocycles. The largest absolute Gasteiger partial charge is 0.380 e. The minimum absolute atomic E-state index is 0.0422. The zero-order valence-corrected chi connectivity index (χ0v) is 13.9. The zero-order chi connectivity index (χ0) is 14.5. The molecule has 0 spiro atoms. The monoisotopic (exact) mass is 336 g/mol. The Morgan fingerprint density at radius 3 is 2.65 bits per heavy atom. The van der Waals surface area contributed by atoms with Gasteiger partial charge in [0.05, 0.1) is 19.0 Å². The van der Waals surface area contributed by atoms with Gasteiger partial charge in [-0.1, -0.05) is 25.3 Å². The summed E-state index contributed by atoms with van der Waals surface area (Å²) in [6.07, 6.45) is 6.01. The molecule has 0 radical (unpaired) electrons. The van der Waals surface area contributed by atoms with Crippen LogP contribution in [0.4, 0.5) is 0 Å². The predicted molar refractivity (Wildman–Crippen MR) is 84.0 cm³/mol. The summed E-state index contributed by atoms with van der Waals surface area (Å²) in [5, 5.41) is 2.05. The Morgan fingerprint density at radius 1 is 1.30 bits per heavy atom. The van der Waals surface area contributed by atoms with Gasteiger partial charge in [-0.3, -0.25) is 0 Å². The van der Waals surface area contributed by atoms with Crippen molar-refractivity contribution in [2.45, 2.75) is 38.5 Å². The van der Waals surface area contributed by atoms with E-state index in [1.807, 2.05) is 6.07 Å². The first kappa shape index (κ1) is 16.3. The fraction of sp³-hybridized carbons (Fsp3) is 0.714. The van der Waals surface area contributed by atoms with Crippen molar-refractivity contribution in [1.82, 2.24) is 0 Å². The molecule has 1 heterocycles. The molecule has 114 valence electrons. The molecule has 2 rings (SSSR count). The van der Waals surface area contributed by atoms with Gasteiger partial charge in [0.2, 0.25) is 9.05 Å². The molecule has 1 fully saturated rings. The van der Waals surface area contributed by atoms with Crippen molar-refractivity contribution in [1.29, 1.82) is 0 Å². The van der Waals surface area contributed by atoms with E-state index in [1.54, 1.807) is 11.3 Å². The second-order valence-corrected chi connectivity index (χ2v) is 9.43. The standard InChI is InChI=1S/C14H21ClO3S2/c15-20(16,17)12-14(7-2-1-3-8-14)11-18-9-6-13-5-4-10-19-13/h4-5,10H,1-3,6-9,11-12H2. The van der Waals surface area contributed by atoms with E-state index in [9.17, 15) is 8.42 Å². The fourth-order valence-corrected chi connectivity index (χ4v) is 5.40. The molecule has 0 amide bonds. The second-order valence-electron chi connectivity index (χ2n) is 5.63. The summed E-state index contributed by atoms with van der Waals surface area (Å²) in [6, 6.07) is 4.12. The average Bonchev–Trinajstić information content (AvgIpc) is 2.87. The van der Waals surface area contributed by atoms with Crippen LogP contribution in [0.2, 0.25) is 0 Å². The Labute approximate surface area is 129 Å². The molecule has 0 aromatic carbocycles. The van der Waals surface area contributed by atoms with Crippen molar-refractivity contribution in [2.24, 2.45) is 5.41 Å². The SMILES string of the molecule is O=S(=O)(Cl)CC1(COCCc2cccs2)CCCCC1. The van der Waals surface area contributed by atoms with Gasteiger partial charge in [-0.05, 0) is 24.3 Å². The number of ether oxygens (including phenoxy) is 1. The fourth-order valence-electron chi connectivity index (χ4n) is 2.91. The minimum Gasteiger partial charge on any atom is -0.380 e. The Bertz CT molecular complexity index is 490. The third-order valence-electron chi connectivity index (χ3n) is 3.87. The molecule has 1 aromatic rings. The van der Waals surface area contributed by atoms with Crippen LogP contribution < -0.4 is 0 Å². The molecule has 0 unspecified atom stereocenters. The van der Waals surface area contributed by atoms with Gasteiger partial charge in [0, 0.05) is 27.4 Å². The van der Waals surface area contributed by atoms with Gasteiger partial charge in [-0.25, -0.2) is 8.42 Å². The topological polar surface area (TPSA) is 43.4 Å². The lowest BCUT2D eigenvalue weighted by molar-refractivity contribution is 0.0351. The lowest BCUT2D eigenvalue weighted by Crippen LogP contribution is -2.36. The van der Waals surface area contributed by atoms with E-state index in [0.29, 0.717) is 13.2 Å². The van der Waals surface area contributed by atoms with Gasteiger partial charge in [0.25, 0.3) is 0 Å². The van der Waals surface area contributed by atoms with Gasteiger partial charge in [-0.15, -0.1) is 11.3 Å². The van der Waals surface area contributed by atoms with Crippen LogP contribution in [0, 0.1) is 5.41 Å². The molecule has 1 aromatic heterocycles. The molecule has 1 aliphatic rings. The lowest BCUT2D eigenvalue weighted by atomic mass is 9.76. The van der Waals surface area contributed by atoms with Crippen LogP contribution in [0.25, 0.3) is 0 Å². The van der Waals surface area contributed by atoms with Crippen LogP contribution in [-0.4, -0.2) is 27.4 Å².